The molecule has 0 atom stereocenters. The van der Waals surface area contributed by atoms with E-state index in [0.717, 1.165) is 10.9 Å². The van der Waals surface area contributed by atoms with Crippen LogP contribution in [0, 0.1) is 9.39 Å². The number of hydrogen-bond donors (Lipinski definition) is 0. The van der Waals surface area contributed by atoms with Crippen LogP contribution in [0.4, 0.5) is 4.39 Å². The highest BCUT2D eigenvalue weighted by Gasteiger charge is 2.05. The molecule has 0 unspecified atom stereocenters. The zero-order valence-electron chi connectivity index (χ0n) is 5.37. The maximum atomic E-state index is 13.0. The van der Waals surface area contributed by atoms with Crippen molar-refractivity contribution in [2.24, 2.45) is 0 Å². The van der Waals surface area contributed by atoms with E-state index in [-0.39, 0.29) is 5.82 Å². The van der Waals surface area contributed by atoms with Crippen molar-refractivity contribution in [1.29, 1.82) is 0 Å². The van der Waals surface area contributed by atoms with Gasteiger partial charge in [-0.05, 0) is 56.2 Å². The third-order valence-corrected chi connectivity index (χ3v) is 3.21. The van der Waals surface area contributed by atoms with Crippen molar-refractivity contribution in [2.45, 2.75) is 5.33 Å². The van der Waals surface area contributed by atoms with E-state index in [2.05, 4.69) is 31.9 Å². The first-order chi connectivity index (χ1) is 5.15. The van der Waals surface area contributed by atoms with Crippen molar-refractivity contribution in [3.63, 3.8) is 0 Å². The van der Waals surface area contributed by atoms with Crippen LogP contribution in [0.5, 0.6) is 0 Å². The minimum absolute atomic E-state index is 0.185. The van der Waals surface area contributed by atoms with Crippen molar-refractivity contribution in [3.05, 3.63) is 31.6 Å². The molecule has 0 nitrogen and oxygen atoms in total. The molecule has 0 heterocycles. The SMILES string of the molecule is Fc1c(Br)cc(CBr)cc1I. The number of halogens is 4. The van der Waals surface area contributed by atoms with Gasteiger partial charge in [-0.2, -0.15) is 0 Å². The third-order valence-electron chi connectivity index (χ3n) is 1.20. The lowest BCUT2D eigenvalue weighted by atomic mass is 10.2. The second-order valence-electron chi connectivity index (χ2n) is 2.01. The molecule has 0 saturated carbocycles. The van der Waals surface area contributed by atoms with Crippen LogP contribution in [0.15, 0.2) is 16.6 Å². The van der Waals surface area contributed by atoms with Crippen LogP contribution >= 0.6 is 54.5 Å². The van der Waals surface area contributed by atoms with Crippen LogP contribution < -0.4 is 0 Å². The van der Waals surface area contributed by atoms with Gasteiger partial charge in [0, 0.05) is 5.33 Å². The second-order valence-corrected chi connectivity index (χ2v) is 4.58. The normalized spacial score (nSPS) is 10.2. The molecule has 0 amide bonds. The predicted molar refractivity (Wildman–Crippen MR) is 59.4 cm³/mol. The monoisotopic (exact) mass is 392 g/mol. The molecule has 0 fully saturated rings. The van der Waals surface area contributed by atoms with E-state index < -0.39 is 0 Å². The van der Waals surface area contributed by atoms with Gasteiger partial charge in [-0.25, -0.2) is 4.39 Å². The van der Waals surface area contributed by atoms with Crippen LogP contribution in [0.2, 0.25) is 0 Å². The average molecular weight is 394 g/mol. The molecule has 0 aliphatic rings. The lowest BCUT2D eigenvalue weighted by Gasteiger charge is -2.00. The summed E-state index contributed by atoms with van der Waals surface area (Å²) in [5, 5.41) is 0.752. The fourth-order valence-electron chi connectivity index (χ4n) is 0.685. The fraction of sp³-hybridized carbons (Fsp3) is 0.143. The van der Waals surface area contributed by atoms with E-state index in [9.17, 15) is 4.39 Å². The van der Waals surface area contributed by atoms with E-state index in [0.29, 0.717) is 8.04 Å². The van der Waals surface area contributed by atoms with Crippen LogP contribution in [0.1, 0.15) is 5.56 Å². The summed E-state index contributed by atoms with van der Waals surface area (Å²) in [5.41, 5.74) is 1.07. The molecule has 0 N–H and O–H groups in total. The highest BCUT2D eigenvalue weighted by Crippen LogP contribution is 2.23. The summed E-state index contributed by atoms with van der Waals surface area (Å²) in [4.78, 5) is 0. The van der Waals surface area contributed by atoms with Gasteiger partial charge in [-0.15, -0.1) is 0 Å². The Labute approximate surface area is 95.0 Å². The molecular formula is C7H4Br2FI. The Hall–Kier alpha value is 0.840. The van der Waals surface area contributed by atoms with Gasteiger partial charge in [0.1, 0.15) is 0 Å². The second kappa shape index (κ2) is 4.18. The smallest absolute Gasteiger partial charge is 0.150 e. The number of hydrogen-bond acceptors (Lipinski definition) is 0. The molecule has 4 heteroatoms. The molecular weight excluding hydrogens is 390 g/mol. The van der Waals surface area contributed by atoms with Crippen molar-refractivity contribution >= 4 is 54.5 Å². The Morgan fingerprint density at radius 1 is 1.45 bits per heavy atom. The molecule has 60 valence electrons. The Morgan fingerprint density at radius 2 is 2.09 bits per heavy atom. The minimum atomic E-state index is -0.185. The topological polar surface area (TPSA) is 0 Å². The zero-order chi connectivity index (χ0) is 8.43. The highest BCUT2D eigenvalue weighted by molar-refractivity contribution is 14.1. The maximum Gasteiger partial charge on any atom is 0.150 e. The zero-order valence-corrected chi connectivity index (χ0v) is 10.7. The first-order valence-electron chi connectivity index (χ1n) is 2.84. The van der Waals surface area contributed by atoms with Gasteiger partial charge in [-0.3, -0.25) is 0 Å². The predicted octanol–water partition coefficient (Wildman–Crippen LogP) is 4.09. The van der Waals surface area contributed by atoms with Gasteiger partial charge in [0.2, 0.25) is 0 Å². The lowest BCUT2D eigenvalue weighted by Crippen LogP contribution is -1.87. The summed E-state index contributed by atoms with van der Waals surface area (Å²) in [6, 6.07) is 3.58. The van der Waals surface area contributed by atoms with Crippen LogP contribution in [0.3, 0.4) is 0 Å². The maximum absolute atomic E-state index is 13.0. The van der Waals surface area contributed by atoms with Crippen LogP contribution in [0.25, 0.3) is 0 Å². The summed E-state index contributed by atoms with van der Waals surface area (Å²) in [5.74, 6) is -0.185. The highest BCUT2D eigenvalue weighted by atomic mass is 127. The standard InChI is InChI=1S/C7H4Br2FI/c8-3-4-1-5(9)7(10)6(11)2-4/h1-2H,3H2. The Kier molecular flexibility index (Phi) is 3.77. The van der Waals surface area contributed by atoms with E-state index in [4.69, 9.17) is 0 Å². The number of alkyl halides is 1. The van der Waals surface area contributed by atoms with E-state index in [1.165, 1.54) is 0 Å². The molecule has 0 bridgehead atoms. The fourth-order valence-corrected chi connectivity index (χ4v) is 2.58. The van der Waals surface area contributed by atoms with E-state index in [1.54, 1.807) is 6.07 Å². The Morgan fingerprint density at radius 3 is 2.55 bits per heavy atom. The summed E-state index contributed by atoms with van der Waals surface area (Å²) in [6.45, 7) is 0. The van der Waals surface area contributed by atoms with Gasteiger partial charge in [0.05, 0.1) is 8.04 Å². The van der Waals surface area contributed by atoms with E-state index >= 15 is 0 Å². The minimum Gasteiger partial charge on any atom is -0.205 e. The number of rotatable bonds is 1. The van der Waals surface area contributed by atoms with Gasteiger partial charge in [0.25, 0.3) is 0 Å². The van der Waals surface area contributed by atoms with Gasteiger partial charge < -0.3 is 0 Å². The van der Waals surface area contributed by atoms with Crippen molar-refractivity contribution < 1.29 is 4.39 Å². The molecule has 11 heavy (non-hydrogen) atoms. The molecule has 1 rings (SSSR count). The van der Waals surface area contributed by atoms with E-state index in [1.807, 2.05) is 28.7 Å². The van der Waals surface area contributed by atoms with Crippen molar-refractivity contribution in [2.75, 3.05) is 0 Å². The molecule has 0 aliphatic carbocycles. The van der Waals surface area contributed by atoms with Crippen LogP contribution in [-0.4, -0.2) is 0 Å². The van der Waals surface area contributed by atoms with Gasteiger partial charge >= 0.3 is 0 Å². The quantitative estimate of drug-likeness (QED) is 0.383. The Balaban J connectivity index is 3.21. The Bertz CT molecular complexity index is 252. The summed E-state index contributed by atoms with van der Waals surface area (Å²) < 4.78 is 14.1. The van der Waals surface area contributed by atoms with Crippen LogP contribution in [-0.2, 0) is 5.33 Å². The molecule has 0 aliphatic heterocycles. The molecule has 0 saturated heterocycles. The molecule has 0 spiro atoms. The number of benzene rings is 1. The first-order valence-corrected chi connectivity index (χ1v) is 5.84. The molecule has 0 aromatic heterocycles. The van der Waals surface area contributed by atoms with Gasteiger partial charge in [0.15, 0.2) is 5.82 Å². The lowest BCUT2D eigenvalue weighted by molar-refractivity contribution is 0.613. The summed E-state index contributed by atoms with van der Waals surface area (Å²) >= 11 is 8.41. The molecule has 1 aromatic carbocycles. The summed E-state index contributed by atoms with van der Waals surface area (Å²) in [6.07, 6.45) is 0. The molecule has 1 aromatic rings. The van der Waals surface area contributed by atoms with Gasteiger partial charge in [-0.1, -0.05) is 15.9 Å². The summed E-state index contributed by atoms with van der Waals surface area (Å²) in [7, 11) is 0. The third kappa shape index (κ3) is 2.39. The van der Waals surface area contributed by atoms with Crippen molar-refractivity contribution in [3.8, 4) is 0 Å². The average Bonchev–Trinajstić information content (AvgIpc) is 1.99. The first kappa shape index (κ1) is 9.92. The molecule has 0 radical (unpaired) electrons. The largest absolute Gasteiger partial charge is 0.205 e. The van der Waals surface area contributed by atoms with Crippen molar-refractivity contribution in [1.82, 2.24) is 0 Å².